The molecule has 152 valence electrons. The van der Waals surface area contributed by atoms with Gasteiger partial charge in [-0.15, -0.1) is 0 Å². The standard InChI is InChI=1S/C25H29NO3/c1-5-8-13-23(27)29-26-17(4)24(28)18-14-15-20-19-11-9-10-12-21(19)25(6-2,7-3)22(20)16-18/h9-12,14-16H,5-8,13H2,1-4H3/b26-17-. The van der Waals surface area contributed by atoms with E-state index in [1.54, 1.807) is 6.92 Å². The van der Waals surface area contributed by atoms with Gasteiger partial charge >= 0.3 is 5.97 Å². The highest BCUT2D eigenvalue weighted by Gasteiger charge is 2.40. The van der Waals surface area contributed by atoms with Gasteiger partial charge in [0.15, 0.2) is 0 Å². The Morgan fingerprint density at radius 3 is 2.34 bits per heavy atom. The van der Waals surface area contributed by atoms with Crippen LogP contribution in [0.5, 0.6) is 0 Å². The van der Waals surface area contributed by atoms with Crippen LogP contribution in [0, 0.1) is 0 Å². The van der Waals surface area contributed by atoms with Crippen LogP contribution in [-0.2, 0) is 15.0 Å². The lowest BCUT2D eigenvalue weighted by molar-refractivity contribution is -0.143. The first-order valence-electron chi connectivity index (χ1n) is 10.5. The Labute approximate surface area is 173 Å². The highest BCUT2D eigenvalue weighted by Crippen LogP contribution is 2.52. The van der Waals surface area contributed by atoms with Crippen molar-refractivity contribution in [2.45, 2.75) is 65.2 Å². The second-order valence-electron chi connectivity index (χ2n) is 7.67. The minimum absolute atomic E-state index is 0.0834. The maximum absolute atomic E-state index is 12.9. The summed E-state index contributed by atoms with van der Waals surface area (Å²) in [5, 5.41) is 3.78. The van der Waals surface area contributed by atoms with Crippen molar-refractivity contribution in [2.75, 3.05) is 0 Å². The number of Topliss-reactive ketones (excluding diaryl/α,β-unsaturated/α-hetero) is 1. The first-order chi connectivity index (χ1) is 14.0. The van der Waals surface area contributed by atoms with Crippen LogP contribution in [0.3, 0.4) is 0 Å². The lowest BCUT2D eigenvalue weighted by Crippen LogP contribution is -2.23. The van der Waals surface area contributed by atoms with Gasteiger partial charge in [0.2, 0.25) is 5.78 Å². The predicted molar refractivity (Wildman–Crippen MR) is 116 cm³/mol. The molecule has 0 N–H and O–H groups in total. The summed E-state index contributed by atoms with van der Waals surface area (Å²) in [6, 6.07) is 14.4. The number of hydrogen-bond acceptors (Lipinski definition) is 4. The monoisotopic (exact) mass is 391 g/mol. The Hall–Kier alpha value is -2.75. The van der Waals surface area contributed by atoms with Crippen molar-refractivity contribution in [2.24, 2.45) is 5.16 Å². The first-order valence-corrected chi connectivity index (χ1v) is 10.5. The van der Waals surface area contributed by atoms with Crippen molar-refractivity contribution < 1.29 is 14.4 Å². The summed E-state index contributed by atoms with van der Waals surface area (Å²) in [7, 11) is 0. The summed E-state index contributed by atoms with van der Waals surface area (Å²) in [5.41, 5.74) is 5.65. The molecule has 0 heterocycles. The van der Waals surface area contributed by atoms with Crippen LogP contribution < -0.4 is 0 Å². The summed E-state index contributed by atoms with van der Waals surface area (Å²) in [4.78, 5) is 29.5. The molecule has 0 bridgehead atoms. The summed E-state index contributed by atoms with van der Waals surface area (Å²) < 4.78 is 0. The molecule has 0 spiro atoms. The van der Waals surface area contributed by atoms with Gasteiger partial charge < -0.3 is 4.84 Å². The fourth-order valence-electron chi connectivity index (χ4n) is 4.34. The molecule has 29 heavy (non-hydrogen) atoms. The van der Waals surface area contributed by atoms with E-state index in [1.165, 1.54) is 22.3 Å². The molecule has 1 aliphatic carbocycles. The Morgan fingerprint density at radius 2 is 1.66 bits per heavy atom. The summed E-state index contributed by atoms with van der Waals surface area (Å²) in [6.45, 7) is 7.99. The molecular formula is C25H29NO3. The second kappa shape index (κ2) is 8.73. The minimum atomic E-state index is -0.403. The van der Waals surface area contributed by atoms with E-state index in [-0.39, 0.29) is 16.9 Å². The maximum atomic E-state index is 12.9. The molecule has 0 unspecified atom stereocenters. The summed E-state index contributed by atoms with van der Waals surface area (Å²) in [6.07, 6.45) is 3.91. The second-order valence-corrected chi connectivity index (χ2v) is 7.67. The lowest BCUT2D eigenvalue weighted by atomic mass is 9.73. The van der Waals surface area contributed by atoms with Gasteiger partial charge in [0, 0.05) is 17.4 Å². The molecule has 1 aliphatic rings. The van der Waals surface area contributed by atoms with Crippen LogP contribution in [-0.4, -0.2) is 17.5 Å². The average Bonchev–Trinajstić information content (AvgIpc) is 3.04. The van der Waals surface area contributed by atoms with Crippen LogP contribution in [0.25, 0.3) is 11.1 Å². The molecule has 4 heteroatoms. The molecule has 0 fully saturated rings. The van der Waals surface area contributed by atoms with Gasteiger partial charge in [0.1, 0.15) is 5.71 Å². The molecule has 3 rings (SSSR count). The van der Waals surface area contributed by atoms with Gasteiger partial charge in [-0.2, -0.15) is 0 Å². The molecule has 0 atom stereocenters. The first kappa shape index (κ1) is 21.0. The third-order valence-corrected chi connectivity index (χ3v) is 6.08. The number of nitrogens with zero attached hydrogens (tertiary/aromatic N) is 1. The molecular weight excluding hydrogens is 362 g/mol. The van der Waals surface area contributed by atoms with Crippen molar-refractivity contribution >= 4 is 17.5 Å². The summed E-state index contributed by atoms with van der Waals surface area (Å²) in [5.74, 6) is -0.618. The quantitative estimate of drug-likeness (QED) is 0.238. The largest absolute Gasteiger partial charge is 0.335 e. The maximum Gasteiger partial charge on any atom is 0.335 e. The predicted octanol–water partition coefficient (Wildman–Crippen LogP) is 6.07. The zero-order valence-corrected chi connectivity index (χ0v) is 17.7. The van der Waals surface area contributed by atoms with Crippen LogP contribution in [0.15, 0.2) is 47.6 Å². The fraction of sp³-hybridized carbons (Fsp3) is 0.400. The van der Waals surface area contributed by atoms with Crippen LogP contribution in [0.2, 0.25) is 0 Å². The number of benzene rings is 2. The van der Waals surface area contributed by atoms with Crippen LogP contribution >= 0.6 is 0 Å². The molecule has 2 aromatic rings. The van der Waals surface area contributed by atoms with Gasteiger partial charge in [-0.25, -0.2) is 4.79 Å². The highest BCUT2D eigenvalue weighted by atomic mass is 16.7. The van der Waals surface area contributed by atoms with E-state index in [0.29, 0.717) is 12.0 Å². The number of oxime groups is 1. The number of ketones is 1. The molecule has 2 aromatic carbocycles. The average molecular weight is 392 g/mol. The topological polar surface area (TPSA) is 55.7 Å². The molecule has 0 aromatic heterocycles. The normalized spacial score (nSPS) is 14.3. The van der Waals surface area contributed by atoms with Gasteiger partial charge in [-0.3, -0.25) is 4.79 Å². The van der Waals surface area contributed by atoms with E-state index in [9.17, 15) is 9.59 Å². The zero-order valence-electron chi connectivity index (χ0n) is 17.7. The Balaban J connectivity index is 1.92. The van der Waals surface area contributed by atoms with Crippen LogP contribution in [0.4, 0.5) is 0 Å². The van der Waals surface area contributed by atoms with E-state index < -0.39 is 5.97 Å². The third-order valence-electron chi connectivity index (χ3n) is 6.08. The third kappa shape index (κ3) is 3.76. The number of fused-ring (bicyclic) bond motifs is 3. The van der Waals surface area contributed by atoms with Gasteiger partial charge in [0.25, 0.3) is 0 Å². The van der Waals surface area contributed by atoms with Gasteiger partial charge in [-0.1, -0.05) is 68.7 Å². The van der Waals surface area contributed by atoms with Crippen molar-refractivity contribution in [3.05, 3.63) is 59.2 Å². The highest BCUT2D eigenvalue weighted by molar-refractivity contribution is 6.45. The number of rotatable bonds is 8. The lowest BCUT2D eigenvalue weighted by Gasteiger charge is -2.29. The Kier molecular flexibility index (Phi) is 6.31. The van der Waals surface area contributed by atoms with Crippen molar-refractivity contribution in [3.63, 3.8) is 0 Å². The fourth-order valence-corrected chi connectivity index (χ4v) is 4.34. The molecule has 4 nitrogen and oxygen atoms in total. The van der Waals surface area contributed by atoms with Gasteiger partial charge in [0.05, 0.1) is 0 Å². The van der Waals surface area contributed by atoms with Crippen LogP contribution in [0.1, 0.15) is 81.3 Å². The van der Waals surface area contributed by atoms with E-state index >= 15 is 0 Å². The smallest absolute Gasteiger partial charge is 0.318 e. The van der Waals surface area contributed by atoms with Crippen molar-refractivity contribution in [1.29, 1.82) is 0 Å². The van der Waals surface area contributed by atoms with E-state index in [1.807, 2.05) is 25.1 Å². The van der Waals surface area contributed by atoms with Crippen molar-refractivity contribution in [1.82, 2.24) is 0 Å². The Morgan fingerprint density at radius 1 is 0.966 bits per heavy atom. The molecule has 0 aliphatic heterocycles. The molecule has 0 amide bonds. The van der Waals surface area contributed by atoms with E-state index in [0.717, 1.165) is 25.7 Å². The van der Waals surface area contributed by atoms with E-state index in [2.05, 4.69) is 43.3 Å². The number of hydrogen-bond donors (Lipinski definition) is 0. The molecule has 0 saturated heterocycles. The SMILES string of the molecule is CCCCC(=O)O/N=C(/C)C(=O)c1ccc2c(c1)C(CC)(CC)c1ccccc1-2. The van der Waals surface area contributed by atoms with E-state index in [4.69, 9.17) is 4.84 Å². The summed E-state index contributed by atoms with van der Waals surface area (Å²) >= 11 is 0. The minimum Gasteiger partial charge on any atom is -0.318 e. The molecule has 0 saturated carbocycles. The number of carbonyl (C=O) groups is 2. The van der Waals surface area contributed by atoms with Gasteiger partial charge in [-0.05, 0) is 54.5 Å². The Bertz CT molecular complexity index is 954. The zero-order chi connectivity index (χ0) is 21.0. The van der Waals surface area contributed by atoms with Crippen molar-refractivity contribution in [3.8, 4) is 11.1 Å². The molecule has 0 radical (unpaired) electrons. The number of carbonyl (C=O) groups excluding carboxylic acids is 2. The number of unbranched alkanes of at least 4 members (excludes halogenated alkanes) is 1.